The molecular weight excluding hydrogens is 342 g/mol. The molecule has 1 saturated carbocycles. The van der Waals surface area contributed by atoms with E-state index in [0.717, 1.165) is 29.6 Å². The predicted octanol–water partition coefficient (Wildman–Crippen LogP) is 2.07. The molecule has 2 aromatic heterocycles. The molecule has 138 valence electrons. The molecule has 0 radical (unpaired) electrons. The van der Waals surface area contributed by atoms with E-state index in [4.69, 9.17) is 16.9 Å². The van der Waals surface area contributed by atoms with Gasteiger partial charge < -0.3 is 20.9 Å². The summed E-state index contributed by atoms with van der Waals surface area (Å²) in [5.74, 6) is 3.91. The Morgan fingerprint density at radius 3 is 3.04 bits per heavy atom. The number of aliphatic hydroxyl groups excluding tert-OH is 1. The molecule has 2 unspecified atom stereocenters. The van der Waals surface area contributed by atoms with E-state index in [-0.39, 0.29) is 12.1 Å². The van der Waals surface area contributed by atoms with Crippen molar-refractivity contribution >= 4 is 17.0 Å². The third kappa shape index (κ3) is 3.58. The van der Waals surface area contributed by atoms with Gasteiger partial charge in [0.25, 0.3) is 0 Å². The zero-order valence-corrected chi connectivity index (χ0v) is 14.7. The molecule has 0 saturated heterocycles. The summed E-state index contributed by atoms with van der Waals surface area (Å²) in [5, 5.41) is 17.6. The first kappa shape index (κ1) is 17.3. The fourth-order valence-electron chi connectivity index (χ4n) is 3.36. The van der Waals surface area contributed by atoms with E-state index in [1.807, 2.05) is 36.5 Å². The molecule has 7 nitrogen and oxygen atoms in total. The van der Waals surface area contributed by atoms with Crippen LogP contribution in [0.4, 0.5) is 11.5 Å². The Balaban J connectivity index is 1.62. The smallest absolute Gasteiger partial charge is 0.162 e. The lowest BCUT2D eigenvalue weighted by atomic mass is 9.91. The van der Waals surface area contributed by atoms with E-state index < -0.39 is 6.10 Å². The van der Waals surface area contributed by atoms with Crippen molar-refractivity contribution in [3.8, 4) is 18.1 Å². The van der Waals surface area contributed by atoms with Crippen molar-refractivity contribution in [2.24, 2.45) is 5.73 Å². The molecule has 0 bridgehead atoms. The lowest BCUT2D eigenvalue weighted by Gasteiger charge is -2.30. The second-order valence-electron chi connectivity index (χ2n) is 6.72. The van der Waals surface area contributed by atoms with Gasteiger partial charge in [0.1, 0.15) is 17.9 Å². The van der Waals surface area contributed by atoms with Gasteiger partial charge in [-0.2, -0.15) is 5.10 Å². The third-order valence-corrected chi connectivity index (χ3v) is 4.82. The highest BCUT2D eigenvalue weighted by Gasteiger charge is 2.28. The van der Waals surface area contributed by atoms with Gasteiger partial charge >= 0.3 is 0 Å². The maximum atomic E-state index is 10.0. The second kappa shape index (κ2) is 7.27. The van der Waals surface area contributed by atoms with Crippen molar-refractivity contribution in [2.75, 3.05) is 5.32 Å². The van der Waals surface area contributed by atoms with Crippen LogP contribution in [0.2, 0.25) is 0 Å². The van der Waals surface area contributed by atoms with Crippen LogP contribution in [0.1, 0.15) is 24.8 Å². The lowest BCUT2D eigenvalue weighted by Crippen LogP contribution is -2.43. The minimum atomic E-state index is -0.544. The van der Waals surface area contributed by atoms with Crippen molar-refractivity contribution in [1.82, 2.24) is 14.6 Å². The van der Waals surface area contributed by atoms with Crippen molar-refractivity contribution < 1.29 is 9.84 Å². The van der Waals surface area contributed by atoms with Crippen LogP contribution in [0, 0.1) is 12.3 Å². The van der Waals surface area contributed by atoms with Crippen LogP contribution >= 0.6 is 0 Å². The van der Waals surface area contributed by atoms with Crippen LogP contribution in [0.15, 0.2) is 42.9 Å². The number of nitrogens with two attached hydrogens (primary N) is 1. The molecule has 4 N–H and O–H groups in total. The van der Waals surface area contributed by atoms with Gasteiger partial charge in [0, 0.05) is 36.0 Å². The molecule has 2 heterocycles. The van der Waals surface area contributed by atoms with Gasteiger partial charge in [-0.1, -0.05) is 12.0 Å². The van der Waals surface area contributed by atoms with Gasteiger partial charge in [-0.3, -0.25) is 0 Å². The Morgan fingerprint density at radius 1 is 1.33 bits per heavy atom. The van der Waals surface area contributed by atoms with E-state index in [1.54, 1.807) is 4.52 Å². The van der Waals surface area contributed by atoms with Crippen LogP contribution in [0.3, 0.4) is 0 Å². The Labute approximate surface area is 157 Å². The fourth-order valence-corrected chi connectivity index (χ4v) is 3.36. The minimum Gasteiger partial charge on any atom is -0.488 e. The molecule has 3 aromatic rings. The first-order valence-corrected chi connectivity index (χ1v) is 8.90. The summed E-state index contributed by atoms with van der Waals surface area (Å²) in [4.78, 5) is 4.37. The second-order valence-corrected chi connectivity index (χ2v) is 6.72. The van der Waals surface area contributed by atoms with Gasteiger partial charge in [0.2, 0.25) is 0 Å². The van der Waals surface area contributed by atoms with Crippen LogP contribution in [0.5, 0.6) is 5.75 Å². The summed E-state index contributed by atoms with van der Waals surface area (Å²) in [6.07, 6.45) is 10.2. The predicted molar refractivity (Wildman–Crippen MR) is 103 cm³/mol. The number of terminal acetylenes is 1. The summed E-state index contributed by atoms with van der Waals surface area (Å²) < 4.78 is 7.87. The van der Waals surface area contributed by atoms with Crippen LogP contribution in [-0.4, -0.2) is 38.0 Å². The molecule has 0 aliphatic heterocycles. The highest BCUT2D eigenvalue weighted by Crippen LogP contribution is 2.31. The van der Waals surface area contributed by atoms with Crippen LogP contribution < -0.4 is 15.8 Å². The average Bonchev–Trinajstić information content (AvgIpc) is 3.09. The first-order valence-electron chi connectivity index (χ1n) is 8.90. The summed E-state index contributed by atoms with van der Waals surface area (Å²) in [6.45, 7) is 0. The summed E-state index contributed by atoms with van der Waals surface area (Å²) in [7, 11) is 0. The summed E-state index contributed by atoms with van der Waals surface area (Å²) in [6, 6.07) is 9.22. The SMILES string of the molecule is C#Cc1cccc(Nc2ncnn3ccc(OC4CCC(N)[C@H](O)C4)c23)c1. The monoisotopic (exact) mass is 363 g/mol. The third-order valence-electron chi connectivity index (χ3n) is 4.82. The number of aromatic nitrogens is 3. The topological polar surface area (TPSA) is 97.7 Å². The van der Waals surface area contributed by atoms with Gasteiger partial charge in [0.15, 0.2) is 11.6 Å². The molecule has 3 atom stereocenters. The van der Waals surface area contributed by atoms with Crippen molar-refractivity contribution in [2.45, 2.75) is 37.5 Å². The van der Waals surface area contributed by atoms with Crippen molar-refractivity contribution in [3.05, 3.63) is 48.4 Å². The maximum Gasteiger partial charge on any atom is 0.162 e. The van der Waals surface area contributed by atoms with Gasteiger partial charge in [0.05, 0.1) is 6.10 Å². The zero-order chi connectivity index (χ0) is 18.8. The number of hydrogen-bond donors (Lipinski definition) is 3. The Kier molecular flexibility index (Phi) is 4.67. The van der Waals surface area contributed by atoms with Crippen LogP contribution in [-0.2, 0) is 0 Å². The normalized spacial score (nSPS) is 22.3. The van der Waals surface area contributed by atoms with Crippen molar-refractivity contribution in [1.29, 1.82) is 0 Å². The number of rotatable bonds is 4. The van der Waals surface area contributed by atoms with E-state index in [2.05, 4.69) is 21.3 Å². The molecule has 0 amide bonds. The van der Waals surface area contributed by atoms with Crippen molar-refractivity contribution in [3.63, 3.8) is 0 Å². The molecular formula is C20H21N5O2. The molecule has 1 fully saturated rings. The molecule has 0 spiro atoms. The number of nitrogens with one attached hydrogen (secondary N) is 1. The first-order chi connectivity index (χ1) is 13.1. The average molecular weight is 363 g/mol. The van der Waals surface area contributed by atoms with Gasteiger partial charge in [-0.15, -0.1) is 6.42 Å². The molecule has 4 rings (SSSR count). The van der Waals surface area contributed by atoms with E-state index >= 15 is 0 Å². The highest BCUT2D eigenvalue weighted by atomic mass is 16.5. The molecule has 1 aliphatic rings. The summed E-state index contributed by atoms with van der Waals surface area (Å²) in [5.41, 5.74) is 8.23. The fraction of sp³-hybridized carbons (Fsp3) is 0.300. The quantitative estimate of drug-likeness (QED) is 0.614. The molecule has 27 heavy (non-hydrogen) atoms. The molecule has 1 aliphatic carbocycles. The largest absolute Gasteiger partial charge is 0.488 e. The highest BCUT2D eigenvalue weighted by molar-refractivity contribution is 5.79. The van der Waals surface area contributed by atoms with E-state index in [9.17, 15) is 5.11 Å². The Morgan fingerprint density at radius 2 is 2.22 bits per heavy atom. The Hall–Kier alpha value is -3.08. The zero-order valence-electron chi connectivity index (χ0n) is 14.7. The number of nitrogens with zero attached hydrogens (tertiary/aromatic N) is 3. The standard InChI is InChI=1S/C20H21N5O2/c1-2-13-4-3-5-14(10-13)24-20-19-18(8-9-25(19)23-12-22-20)27-15-6-7-16(21)17(26)11-15/h1,3-5,8-10,12,15-17,26H,6-7,11,21H2,(H,22,23,24)/t15?,16?,17-/m1/s1. The number of aliphatic hydroxyl groups is 1. The van der Waals surface area contributed by atoms with Gasteiger partial charge in [-0.05, 0) is 31.0 Å². The van der Waals surface area contributed by atoms with E-state index in [1.165, 1.54) is 6.33 Å². The number of anilines is 2. The lowest BCUT2D eigenvalue weighted by molar-refractivity contribution is 0.0399. The van der Waals surface area contributed by atoms with E-state index in [0.29, 0.717) is 18.0 Å². The number of fused-ring (bicyclic) bond motifs is 1. The summed E-state index contributed by atoms with van der Waals surface area (Å²) >= 11 is 0. The maximum absolute atomic E-state index is 10.0. The minimum absolute atomic E-state index is 0.0937. The van der Waals surface area contributed by atoms with Crippen LogP contribution in [0.25, 0.3) is 5.52 Å². The van der Waals surface area contributed by atoms with Gasteiger partial charge in [-0.25, -0.2) is 9.50 Å². The number of hydrogen-bond acceptors (Lipinski definition) is 6. The Bertz CT molecular complexity index is 993. The number of benzene rings is 1. The molecule has 7 heteroatoms. The molecule has 1 aromatic carbocycles. The number of ether oxygens (including phenoxy) is 1.